The second-order valence-corrected chi connectivity index (χ2v) is 8.84. The van der Waals surface area contributed by atoms with Crippen molar-refractivity contribution in [3.05, 3.63) is 77.2 Å². The summed E-state index contributed by atoms with van der Waals surface area (Å²) in [6, 6.07) is 11.9. The van der Waals surface area contributed by atoms with Crippen LogP contribution in [0.1, 0.15) is 34.3 Å². The highest BCUT2D eigenvalue weighted by molar-refractivity contribution is 6.05. The normalized spacial score (nSPS) is 16.6. The van der Waals surface area contributed by atoms with Gasteiger partial charge in [-0.25, -0.2) is 9.18 Å². The Morgan fingerprint density at radius 2 is 1.97 bits per heavy atom. The number of amides is 4. The summed E-state index contributed by atoms with van der Waals surface area (Å²) in [5, 5.41) is 4.83. The molecular weight excluding hydrogens is 495 g/mol. The smallest absolute Gasteiger partial charge is 0.412 e. The molecule has 1 atom stereocenters. The number of rotatable bonds is 6. The van der Waals surface area contributed by atoms with Crippen LogP contribution in [0.15, 0.2) is 54.7 Å². The molecule has 1 fully saturated rings. The van der Waals surface area contributed by atoms with Crippen LogP contribution in [-0.2, 0) is 27.5 Å². The highest BCUT2D eigenvalue weighted by atomic mass is 19.1. The molecule has 0 radical (unpaired) electrons. The number of pyridine rings is 1. The summed E-state index contributed by atoms with van der Waals surface area (Å²) in [6.45, 7) is 0.0169. The number of carbonyl (C=O) groups is 4. The van der Waals surface area contributed by atoms with E-state index in [-0.39, 0.29) is 37.8 Å². The van der Waals surface area contributed by atoms with Gasteiger partial charge in [0.25, 0.3) is 5.91 Å². The van der Waals surface area contributed by atoms with E-state index in [1.807, 2.05) is 0 Å². The first-order valence-electron chi connectivity index (χ1n) is 11.8. The van der Waals surface area contributed by atoms with E-state index in [0.29, 0.717) is 39.4 Å². The van der Waals surface area contributed by atoms with E-state index in [4.69, 9.17) is 9.47 Å². The minimum Gasteiger partial charge on any atom is -0.496 e. The zero-order chi connectivity index (χ0) is 26.8. The number of nitrogens with zero attached hydrogens (tertiary/aromatic N) is 2. The van der Waals surface area contributed by atoms with Crippen molar-refractivity contribution in [1.29, 1.82) is 0 Å². The van der Waals surface area contributed by atoms with Gasteiger partial charge in [0, 0.05) is 23.1 Å². The van der Waals surface area contributed by atoms with Gasteiger partial charge in [-0.3, -0.25) is 30.0 Å². The molecule has 38 heavy (non-hydrogen) atoms. The molecule has 1 aromatic heterocycles. The number of halogens is 1. The van der Waals surface area contributed by atoms with Crippen LogP contribution in [-0.4, -0.2) is 46.9 Å². The Labute approximate surface area is 216 Å². The van der Waals surface area contributed by atoms with Gasteiger partial charge in [0.2, 0.25) is 11.8 Å². The number of anilines is 1. The Morgan fingerprint density at radius 3 is 2.68 bits per heavy atom. The molecule has 2 aliphatic rings. The van der Waals surface area contributed by atoms with Crippen LogP contribution in [0.25, 0.3) is 11.3 Å². The van der Waals surface area contributed by atoms with Gasteiger partial charge in [0.05, 0.1) is 31.2 Å². The molecule has 5 rings (SSSR count). The Bertz CT molecular complexity index is 1440. The Morgan fingerprint density at radius 1 is 1.16 bits per heavy atom. The van der Waals surface area contributed by atoms with Crippen LogP contribution in [0, 0.1) is 5.82 Å². The zero-order valence-corrected chi connectivity index (χ0v) is 20.3. The fourth-order valence-corrected chi connectivity index (χ4v) is 4.55. The van der Waals surface area contributed by atoms with Crippen molar-refractivity contribution >= 4 is 29.5 Å². The third-order valence-electron chi connectivity index (χ3n) is 6.42. The third-order valence-corrected chi connectivity index (χ3v) is 6.42. The molecule has 11 heteroatoms. The molecule has 1 saturated heterocycles. The van der Waals surface area contributed by atoms with E-state index in [0.717, 1.165) is 0 Å². The number of hydrogen-bond donors (Lipinski definition) is 2. The molecule has 3 aromatic rings. The summed E-state index contributed by atoms with van der Waals surface area (Å²) >= 11 is 0. The summed E-state index contributed by atoms with van der Waals surface area (Å²) in [6.07, 6.45) is 1.05. The molecule has 1 unspecified atom stereocenters. The molecule has 2 aromatic carbocycles. The number of benzene rings is 2. The topological polar surface area (TPSA) is 127 Å². The summed E-state index contributed by atoms with van der Waals surface area (Å²) in [4.78, 5) is 54.9. The first-order valence-corrected chi connectivity index (χ1v) is 11.8. The van der Waals surface area contributed by atoms with Crippen LogP contribution in [0.5, 0.6) is 5.75 Å². The maximum absolute atomic E-state index is 14.0. The lowest BCUT2D eigenvalue weighted by molar-refractivity contribution is -0.136. The Kier molecular flexibility index (Phi) is 6.73. The van der Waals surface area contributed by atoms with Gasteiger partial charge >= 0.3 is 6.09 Å². The van der Waals surface area contributed by atoms with Crippen LogP contribution < -0.4 is 15.4 Å². The second-order valence-electron chi connectivity index (χ2n) is 8.84. The first-order chi connectivity index (χ1) is 18.3. The average Bonchev–Trinajstić information content (AvgIpc) is 3.24. The van der Waals surface area contributed by atoms with Crippen molar-refractivity contribution in [3.63, 3.8) is 0 Å². The molecule has 2 N–H and O–H groups in total. The number of piperidine rings is 1. The van der Waals surface area contributed by atoms with E-state index in [9.17, 15) is 23.6 Å². The second kappa shape index (κ2) is 10.3. The van der Waals surface area contributed by atoms with Gasteiger partial charge in [-0.1, -0.05) is 12.1 Å². The van der Waals surface area contributed by atoms with E-state index < -0.39 is 23.9 Å². The maximum Gasteiger partial charge on any atom is 0.412 e. The summed E-state index contributed by atoms with van der Waals surface area (Å²) in [5.74, 6) is -1.19. The maximum atomic E-state index is 14.0. The molecular formula is C27H23FN4O6. The highest BCUT2D eigenvalue weighted by Gasteiger charge is 2.40. The first kappa shape index (κ1) is 24.9. The molecule has 10 nitrogen and oxygen atoms in total. The van der Waals surface area contributed by atoms with E-state index in [1.165, 1.54) is 24.3 Å². The SMILES string of the molecule is COc1cc(COC(=O)Nc2ccc(-c3ccccc3F)nc2)cc2c1CN(C1CCC(=O)NC1=O)C2=O. The molecule has 2 aliphatic heterocycles. The standard InChI is InChI=1S/C27H23FN4O6/c1-37-23-11-15(10-18-19(23)13-32(26(18)35)22-8-9-24(33)31-25(22)34)14-38-27(36)30-16-6-7-21(29-12-16)17-4-2-3-5-20(17)28/h2-7,10-12,22H,8-9,13-14H2,1H3,(H,30,36)(H,31,33,34). The fourth-order valence-electron chi connectivity index (χ4n) is 4.55. The number of carbonyl (C=O) groups excluding carboxylic acids is 4. The van der Waals surface area contributed by atoms with Gasteiger partial charge in [0.1, 0.15) is 24.2 Å². The average molecular weight is 519 g/mol. The van der Waals surface area contributed by atoms with Gasteiger partial charge < -0.3 is 14.4 Å². The summed E-state index contributed by atoms with van der Waals surface area (Å²) in [5.41, 5.74) is 2.61. The Balaban J connectivity index is 1.24. The lowest BCUT2D eigenvalue weighted by atomic mass is 10.0. The van der Waals surface area contributed by atoms with Crippen LogP contribution in [0.3, 0.4) is 0 Å². The van der Waals surface area contributed by atoms with Crippen LogP contribution in [0.4, 0.5) is 14.9 Å². The lowest BCUT2D eigenvalue weighted by Crippen LogP contribution is -2.52. The molecule has 0 spiro atoms. The van der Waals surface area contributed by atoms with E-state index in [1.54, 1.807) is 42.5 Å². The number of aromatic nitrogens is 1. The van der Waals surface area contributed by atoms with Gasteiger partial charge in [-0.2, -0.15) is 0 Å². The van der Waals surface area contributed by atoms with Crippen molar-refractivity contribution in [1.82, 2.24) is 15.2 Å². The molecule has 4 amide bonds. The number of hydrogen-bond acceptors (Lipinski definition) is 7. The van der Waals surface area contributed by atoms with Crippen molar-refractivity contribution in [2.75, 3.05) is 12.4 Å². The van der Waals surface area contributed by atoms with Crippen molar-refractivity contribution in [3.8, 4) is 17.0 Å². The minimum absolute atomic E-state index is 0.151. The summed E-state index contributed by atoms with van der Waals surface area (Å²) in [7, 11) is 1.46. The number of imide groups is 1. The fraction of sp³-hybridized carbons (Fsp3) is 0.222. The highest BCUT2D eigenvalue weighted by Crippen LogP contribution is 2.35. The minimum atomic E-state index is -0.749. The van der Waals surface area contributed by atoms with Crippen molar-refractivity contribution in [2.45, 2.75) is 32.0 Å². The predicted octanol–water partition coefficient (Wildman–Crippen LogP) is 3.41. The number of nitrogens with one attached hydrogen (secondary N) is 2. The molecule has 0 bridgehead atoms. The number of ether oxygens (including phenoxy) is 2. The van der Waals surface area contributed by atoms with Gasteiger partial charge in [0.15, 0.2) is 0 Å². The van der Waals surface area contributed by atoms with Crippen LogP contribution in [0.2, 0.25) is 0 Å². The summed E-state index contributed by atoms with van der Waals surface area (Å²) < 4.78 is 24.7. The lowest BCUT2D eigenvalue weighted by Gasteiger charge is -2.29. The predicted molar refractivity (Wildman–Crippen MR) is 132 cm³/mol. The molecule has 0 aliphatic carbocycles. The van der Waals surface area contributed by atoms with Gasteiger partial charge in [-0.15, -0.1) is 0 Å². The number of methoxy groups -OCH3 is 1. The Hall–Kier alpha value is -4.80. The van der Waals surface area contributed by atoms with Gasteiger partial charge in [-0.05, 0) is 48.4 Å². The molecule has 0 saturated carbocycles. The van der Waals surface area contributed by atoms with Crippen molar-refractivity contribution < 1.29 is 33.0 Å². The molecule has 194 valence electrons. The third kappa shape index (κ3) is 4.90. The monoisotopic (exact) mass is 518 g/mol. The van der Waals surface area contributed by atoms with Crippen molar-refractivity contribution in [2.24, 2.45) is 0 Å². The van der Waals surface area contributed by atoms with Crippen LogP contribution >= 0.6 is 0 Å². The number of fused-ring (bicyclic) bond motifs is 1. The zero-order valence-electron chi connectivity index (χ0n) is 20.3. The largest absolute Gasteiger partial charge is 0.496 e. The van der Waals surface area contributed by atoms with E-state index >= 15 is 0 Å². The van der Waals surface area contributed by atoms with E-state index in [2.05, 4.69) is 15.6 Å². The quantitative estimate of drug-likeness (QED) is 0.479. The molecule has 3 heterocycles.